The van der Waals surface area contributed by atoms with Gasteiger partial charge in [0.05, 0.1) is 10.5 Å². The van der Waals surface area contributed by atoms with E-state index in [1.165, 1.54) is 22.3 Å². The summed E-state index contributed by atoms with van der Waals surface area (Å²) >= 11 is 1.47. The van der Waals surface area contributed by atoms with Crippen LogP contribution in [0.3, 0.4) is 0 Å². The third-order valence-electron chi connectivity index (χ3n) is 6.31. The largest absolute Gasteiger partial charge is 0.312 e. The number of fused-ring (bicyclic) bond motifs is 1. The molecular weight excluding hydrogens is 430 g/mol. The van der Waals surface area contributed by atoms with E-state index < -0.39 is 10.0 Å². The molecule has 6 nitrogen and oxygen atoms in total. The van der Waals surface area contributed by atoms with Gasteiger partial charge in [0.15, 0.2) is 0 Å². The number of carbonyl (C=O) groups is 1. The van der Waals surface area contributed by atoms with Crippen molar-refractivity contribution in [2.24, 2.45) is 0 Å². The van der Waals surface area contributed by atoms with E-state index in [1.54, 1.807) is 23.4 Å². The van der Waals surface area contributed by atoms with Gasteiger partial charge < -0.3 is 5.32 Å². The van der Waals surface area contributed by atoms with Gasteiger partial charge in [-0.3, -0.25) is 4.79 Å². The molecule has 1 saturated heterocycles. The molecule has 8 heteroatoms. The summed E-state index contributed by atoms with van der Waals surface area (Å²) in [5.74, 6) is -0.378. The molecule has 1 fully saturated rings. The van der Waals surface area contributed by atoms with Gasteiger partial charge in [0.2, 0.25) is 10.0 Å². The van der Waals surface area contributed by atoms with Gasteiger partial charge in [0.25, 0.3) is 5.91 Å². The first-order valence-electron chi connectivity index (χ1n) is 10.8. The number of nitrogens with zero attached hydrogens (tertiary/aromatic N) is 2. The average Bonchev–Trinajstić information content (AvgIpc) is 3.10. The zero-order valence-corrected chi connectivity index (χ0v) is 19.5. The van der Waals surface area contributed by atoms with E-state index in [0.29, 0.717) is 28.2 Å². The number of carbonyl (C=O) groups excluding carboxylic acids is 1. The predicted molar refractivity (Wildman–Crippen MR) is 122 cm³/mol. The van der Waals surface area contributed by atoms with Gasteiger partial charge in [-0.05, 0) is 75.6 Å². The smallest absolute Gasteiger partial charge is 0.256 e. The SMILES string of the molecule is Cc1ccc(S(=O)(=O)N2CCCCC2C)cc1C(=O)Nc1sc2c(c1C#N)CCCC2. The fourth-order valence-electron chi connectivity index (χ4n) is 4.51. The van der Waals surface area contributed by atoms with Crippen molar-refractivity contribution in [3.63, 3.8) is 0 Å². The molecular formula is C23H27N3O3S2. The van der Waals surface area contributed by atoms with Crippen LogP contribution in [0.15, 0.2) is 23.1 Å². The van der Waals surface area contributed by atoms with E-state index in [0.717, 1.165) is 50.5 Å². The minimum absolute atomic E-state index is 0.0482. The van der Waals surface area contributed by atoms with E-state index in [4.69, 9.17) is 0 Å². The van der Waals surface area contributed by atoms with E-state index >= 15 is 0 Å². The zero-order chi connectivity index (χ0) is 22.2. The molecule has 2 aliphatic rings. The molecule has 0 saturated carbocycles. The molecule has 164 valence electrons. The third kappa shape index (κ3) is 4.14. The Morgan fingerprint density at radius 2 is 2.00 bits per heavy atom. The van der Waals surface area contributed by atoms with Crippen LogP contribution in [-0.4, -0.2) is 31.2 Å². The van der Waals surface area contributed by atoms with Crippen LogP contribution in [0.25, 0.3) is 0 Å². The monoisotopic (exact) mass is 457 g/mol. The van der Waals surface area contributed by atoms with E-state index in [-0.39, 0.29) is 16.8 Å². The number of hydrogen-bond acceptors (Lipinski definition) is 5. The Morgan fingerprint density at radius 3 is 2.74 bits per heavy atom. The molecule has 1 atom stereocenters. The van der Waals surface area contributed by atoms with Gasteiger partial charge in [-0.15, -0.1) is 11.3 Å². The fourth-order valence-corrected chi connectivity index (χ4v) is 7.47. The summed E-state index contributed by atoms with van der Waals surface area (Å²) in [5, 5.41) is 13.1. The lowest BCUT2D eigenvalue weighted by atomic mass is 9.96. The highest BCUT2D eigenvalue weighted by atomic mass is 32.2. The highest BCUT2D eigenvalue weighted by Gasteiger charge is 2.32. The molecule has 1 N–H and O–H groups in total. The Balaban J connectivity index is 1.64. The van der Waals surface area contributed by atoms with Crippen molar-refractivity contribution in [3.8, 4) is 6.07 Å². The first-order chi connectivity index (χ1) is 14.8. The second kappa shape index (κ2) is 8.73. The predicted octanol–water partition coefficient (Wildman–Crippen LogP) is 4.62. The number of nitriles is 1. The molecule has 0 radical (unpaired) electrons. The first kappa shape index (κ1) is 22.0. The number of thiophene rings is 1. The summed E-state index contributed by atoms with van der Waals surface area (Å²) < 4.78 is 28.0. The van der Waals surface area contributed by atoms with Crippen molar-refractivity contribution >= 4 is 32.3 Å². The number of benzene rings is 1. The van der Waals surface area contributed by atoms with Crippen LogP contribution in [-0.2, 0) is 22.9 Å². The van der Waals surface area contributed by atoms with Gasteiger partial charge in [0, 0.05) is 23.0 Å². The summed E-state index contributed by atoms with van der Waals surface area (Å²) in [5.41, 5.74) is 2.63. The van der Waals surface area contributed by atoms with Gasteiger partial charge in [0.1, 0.15) is 11.1 Å². The highest BCUT2D eigenvalue weighted by molar-refractivity contribution is 7.89. The Kier molecular flexibility index (Phi) is 6.20. The molecule has 1 amide bonds. The Hall–Kier alpha value is -2.21. The summed E-state index contributed by atoms with van der Waals surface area (Å²) in [6.45, 7) is 4.23. The molecule has 1 aromatic heterocycles. The lowest BCUT2D eigenvalue weighted by molar-refractivity contribution is 0.102. The molecule has 0 spiro atoms. The van der Waals surface area contributed by atoms with E-state index in [2.05, 4.69) is 11.4 Å². The summed E-state index contributed by atoms with van der Waals surface area (Å²) in [7, 11) is -3.67. The van der Waals surface area contributed by atoms with Crippen LogP contribution < -0.4 is 5.32 Å². The number of sulfonamides is 1. The number of aryl methyl sites for hydroxylation is 2. The highest BCUT2D eigenvalue weighted by Crippen LogP contribution is 2.38. The number of rotatable bonds is 4. The molecule has 4 rings (SSSR count). The Morgan fingerprint density at radius 1 is 1.23 bits per heavy atom. The molecule has 2 aromatic rings. The number of piperidine rings is 1. The first-order valence-corrected chi connectivity index (χ1v) is 13.1. The van der Waals surface area contributed by atoms with Crippen LogP contribution in [0.4, 0.5) is 5.00 Å². The standard InChI is InChI=1S/C23H27N3O3S2/c1-15-10-11-17(31(28,29)26-12-6-5-7-16(26)2)13-19(15)22(27)25-23-20(14-24)18-8-3-4-9-21(18)30-23/h10-11,13,16H,3-9,12H2,1-2H3,(H,25,27). The molecule has 1 aromatic carbocycles. The molecule has 1 aliphatic carbocycles. The van der Waals surface area contributed by atoms with E-state index in [9.17, 15) is 18.5 Å². The van der Waals surface area contributed by atoms with Gasteiger partial charge in [-0.1, -0.05) is 12.5 Å². The third-order valence-corrected chi connectivity index (χ3v) is 9.53. The molecule has 0 bridgehead atoms. The van der Waals surface area contributed by atoms with Gasteiger partial charge in [-0.2, -0.15) is 9.57 Å². The van der Waals surface area contributed by atoms with Crippen LogP contribution in [0, 0.1) is 18.3 Å². The number of nitrogens with one attached hydrogen (secondary N) is 1. The van der Waals surface area contributed by atoms with Crippen LogP contribution >= 0.6 is 11.3 Å². The second-order valence-corrected chi connectivity index (χ2v) is 11.4. The number of amides is 1. The van der Waals surface area contributed by atoms with E-state index in [1.807, 2.05) is 6.92 Å². The molecule has 2 heterocycles. The lowest BCUT2D eigenvalue weighted by Crippen LogP contribution is -2.42. The second-order valence-electron chi connectivity index (χ2n) is 8.42. The van der Waals surface area contributed by atoms with Gasteiger partial charge in [-0.25, -0.2) is 8.42 Å². The quantitative estimate of drug-likeness (QED) is 0.725. The van der Waals surface area contributed by atoms with Gasteiger partial charge >= 0.3 is 0 Å². The zero-order valence-electron chi connectivity index (χ0n) is 17.9. The lowest BCUT2D eigenvalue weighted by Gasteiger charge is -2.32. The normalized spacial score (nSPS) is 19.5. The number of anilines is 1. The molecule has 1 unspecified atom stereocenters. The van der Waals surface area contributed by atoms with Crippen molar-refractivity contribution in [1.29, 1.82) is 5.26 Å². The number of hydrogen-bond donors (Lipinski definition) is 1. The Labute approximate surface area is 187 Å². The summed E-state index contributed by atoms with van der Waals surface area (Å²) in [6.07, 6.45) is 6.68. The summed E-state index contributed by atoms with van der Waals surface area (Å²) in [4.78, 5) is 14.4. The van der Waals surface area contributed by atoms with Crippen LogP contribution in [0.2, 0.25) is 0 Å². The minimum Gasteiger partial charge on any atom is -0.312 e. The topological polar surface area (TPSA) is 90.3 Å². The maximum Gasteiger partial charge on any atom is 0.256 e. The van der Waals surface area contributed by atoms with Crippen molar-refractivity contribution < 1.29 is 13.2 Å². The van der Waals surface area contributed by atoms with Crippen LogP contribution in [0.5, 0.6) is 0 Å². The van der Waals surface area contributed by atoms with Crippen molar-refractivity contribution in [2.75, 3.05) is 11.9 Å². The van der Waals surface area contributed by atoms with Crippen molar-refractivity contribution in [1.82, 2.24) is 4.31 Å². The molecule has 1 aliphatic heterocycles. The average molecular weight is 458 g/mol. The maximum absolute atomic E-state index is 13.2. The fraction of sp³-hybridized carbons (Fsp3) is 0.478. The van der Waals surface area contributed by atoms with Crippen molar-refractivity contribution in [3.05, 3.63) is 45.3 Å². The maximum atomic E-state index is 13.2. The van der Waals surface area contributed by atoms with Crippen molar-refractivity contribution in [2.45, 2.75) is 69.7 Å². The molecule has 31 heavy (non-hydrogen) atoms. The minimum atomic E-state index is -3.67. The van der Waals surface area contributed by atoms with Crippen LogP contribution in [0.1, 0.15) is 71.0 Å². The Bertz CT molecular complexity index is 1160. The summed E-state index contributed by atoms with van der Waals surface area (Å²) in [6, 6.07) is 6.94.